The normalized spacial score (nSPS) is 11.7. The number of unbranched alkanes of at least 4 members (excludes halogenated alkanes) is 1. The molecule has 0 fully saturated rings. The Labute approximate surface area is 173 Å². The zero-order valence-electron chi connectivity index (χ0n) is 17.4. The molecule has 1 atom stereocenters. The third-order valence-electron chi connectivity index (χ3n) is 4.97. The molecule has 2 amide bonds. The van der Waals surface area contributed by atoms with Crippen LogP contribution in [0.1, 0.15) is 44.2 Å². The smallest absolute Gasteiger partial charge is 0.242 e. The Balaban J connectivity index is 2.14. The molecular weight excluding hydrogens is 367 g/mol. The summed E-state index contributed by atoms with van der Waals surface area (Å²) in [5.74, 6) is -0.560. The lowest BCUT2D eigenvalue weighted by Crippen LogP contribution is -2.50. The molecule has 156 valence electrons. The number of hydrogen-bond acceptors (Lipinski definition) is 2. The molecule has 0 bridgehead atoms. The van der Waals surface area contributed by atoms with Crippen molar-refractivity contribution in [1.29, 1.82) is 0 Å². The zero-order valence-corrected chi connectivity index (χ0v) is 17.4. The number of rotatable bonds is 11. The molecule has 29 heavy (non-hydrogen) atoms. The van der Waals surface area contributed by atoms with Crippen molar-refractivity contribution in [2.24, 2.45) is 0 Å². The minimum Gasteiger partial charge on any atom is -0.354 e. The van der Waals surface area contributed by atoms with Crippen LogP contribution in [0.5, 0.6) is 0 Å². The van der Waals surface area contributed by atoms with Crippen molar-refractivity contribution >= 4 is 11.8 Å². The van der Waals surface area contributed by atoms with Crippen LogP contribution in [0.3, 0.4) is 0 Å². The molecule has 0 saturated carbocycles. The standard InChI is InChI=1S/C24H31FN2O2/c1-3-5-16-26-24(29)22(4-2)27(17-15-19-9-7-6-8-10-19)23(28)18-20-11-13-21(25)14-12-20/h6-14,22H,3-5,15-18H2,1-2H3,(H,26,29)/t22-/m0/s1. The maximum Gasteiger partial charge on any atom is 0.242 e. The summed E-state index contributed by atoms with van der Waals surface area (Å²) in [4.78, 5) is 27.5. The highest BCUT2D eigenvalue weighted by Gasteiger charge is 2.28. The molecule has 0 unspecified atom stereocenters. The first kappa shape index (κ1) is 22.6. The van der Waals surface area contributed by atoms with Crippen molar-refractivity contribution < 1.29 is 14.0 Å². The monoisotopic (exact) mass is 398 g/mol. The van der Waals surface area contributed by atoms with Crippen molar-refractivity contribution in [2.45, 2.75) is 52.0 Å². The first-order chi connectivity index (χ1) is 14.0. The van der Waals surface area contributed by atoms with Crippen LogP contribution >= 0.6 is 0 Å². The fraction of sp³-hybridized carbons (Fsp3) is 0.417. The summed E-state index contributed by atoms with van der Waals surface area (Å²) in [6.07, 6.45) is 3.28. The fourth-order valence-corrected chi connectivity index (χ4v) is 3.28. The van der Waals surface area contributed by atoms with Gasteiger partial charge in [0.1, 0.15) is 11.9 Å². The molecule has 0 radical (unpaired) electrons. The summed E-state index contributed by atoms with van der Waals surface area (Å²) >= 11 is 0. The molecule has 0 aliphatic heterocycles. The molecule has 2 aromatic rings. The Morgan fingerprint density at radius 1 is 1.00 bits per heavy atom. The van der Waals surface area contributed by atoms with Crippen LogP contribution in [-0.2, 0) is 22.4 Å². The summed E-state index contributed by atoms with van der Waals surface area (Å²) in [6, 6.07) is 15.4. The molecular formula is C24H31FN2O2. The van der Waals surface area contributed by atoms with E-state index in [0.717, 1.165) is 24.0 Å². The lowest BCUT2D eigenvalue weighted by molar-refractivity contribution is -0.140. The van der Waals surface area contributed by atoms with E-state index >= 15 is 0 Å². The lowest BCUT2D eigenvalue weighted by atomic mass is 10.1. The quantitative estimate of drug-likeness (QED) is 0.579. The minimum absolute atomic E-state index is 0.110. The van der Waals surface area contributed by atoms with E-state index in [9.17, 15) is 14.0 Å². The Hall–Kier alpha value is -2.69. The summed E-state index contributed by atoms with van der Waals surface area (Å²) in [7, 11) is 0. The van der Waals surface area contributed by atoms with Gasteiger partial charge in [-0.1, -0.05) is 62.7 Å². The Kier molecular flexibility index (Phi) is 9.35. The zero-order chi connectivity index (χ0) is 21.1. The summed E-state index contributed by atoms with van der Waals surface area (Å²) < 4.78 is 13.2. The molecule has 0 spiro atoms. The topological polar surface area (TPSA) is 49.4 Å². The number of nitrogens with zero attached hydrogens (tertiary/aromatic N) is 1. The molecule has 0 aliphatic carbocycles. The number of carbonyl (C=O) groups excluding carboxylic acids is 2. The third-order valence-corrected chi connectivity index (χ3v) is 4.97. The number of halogens is 1. The van der Waals surface area contributed by atoms with Crippen LogP contribution in [0.25, 0.3) is 0 Å². The van der Waals surface area contributed by atoms with Crippen molar-refractivity contribution in [2.75, 3.05) is 13.1 Å². The number of amides is 2. The highest BCUT2D eigenvalue weighted by molar-refractivity contribution is 5.88. The van der Waals surface area contributed by atoms with Gasteiger partial charge < -0.3 is 10.2 Å². The molecule has 0 aromatic heterocycles. The number of nitrogens with one attached hydrogen (secondary N) is 1. The lowest BCUT2D eigenvalue weighted by Gasteiger charge is -2.30. The van der Waals surface area contributed by atoms with Gasteiger partial charge in [0.05, 0.1) is 6.42 Å². The van der Waals surface area contributed by atoms with Crippen molar-refractivity contribution in [3.8, 4) is 0 Å². The van der Waals surface area contributed by atoms with E-state index in [0.29, 0.717) is 25.9 Å². The summed E-state index contributed by atoms with van der Waals surface area (Å²) in [5.41, 5.74) is 1.86. The van der Waals surface area contributed by atoms with Crippen LogP contribution in [0.4, 0.5) is 4.39 Å². The predicted octanol–water partition coefficient (Wildman–Crippen LogP) is 4.13. The third kappa shape index (κ3) is 7.33. The van der Waals surface area contributed by atoms with E-state index in [4.69, 9.17) is 0 Å². The van der Waals surface area contributed by atoms with Crippen LogP contribution in [0, 0.1) is 5.82 Å². The second-order valence-corrected chi connectivity index (χ2v) is 7.19. The summed E-state index contributed by atoms with van der Waals surface area (Å²) in [6.45, 7) is 5.07. The average Bonchev–Trinajstić information content (AvgIpc) is 2.73. The SMILES string of the molecule is CCCCNC(=O)[C@H](CC)N(CCc1ccccc1)C(=O)Cc1ccc(F)cc1. The number of carbonyl (C=O) groups is 2. The maximum absolute atomic E-state index is 13.2. The van der Waals surface area contributed by atoms with Crippen LogP contribution < -0.4 is 5.32 Å². The van der Waals surface area contributed by atoms with Gasteiger partial charge in [0.2, 0.25) is 11.8 Å². The van der Waals surface area contributed by atoms with E-state index in [1.165, 1.54) is 12.1 Å². The summed E-state index contributed by atoms with van der Waals surface area (Å²) in [5, 5.41) is 2.96. The molecule has 0 saturated heterocycles. The van der Waals surface area contributed by atoms with E-state index in [-0.39, 0.29) is 24.1 Å². The highest BCUT2D eigenvalue weighted by atomic mass is 19.1. The van der Waals surface area contributed by atoms with Crippen molar-refractivity contribution in [3.63, 3.8) is 0 Å². The average molecular weight is 399 g/mol. The van der Waals surface area contributed by atoms with Crippen LogP contribution in [-0.4, -0.2) is 35.8 Å². The molecule has 5 heteroatoms. The first-order valence-electron chi connectivity index (χ1n) is 10.4. The van der Waals surface area contributed by atoms with Crippen LogP contribution in [0.15, 0.2) is 54.6 Å². The van der Waals surface area contributed by atoms with Gasteiger partial charge in [-0.15, -0.1) is 0 Å². The van der Waals surface area contributed by atoms with E-state index in [1.807, 2.05) is 37.3 Å². The van der Waals surface area contributed by atoms with E-state index in [2.05, 4.69) is 12.2 Å². The minimum atomic E-state index is -0.511. The predicted molar refractivity (Wildman–Crippen MR) is 114 cm³/mol. The van der Waals surface area contributed by atoms with Crippen molar-refractivity contribution in [1.82, 2.24) is 10.2 Å². The van der Waals surface area contributed by atoms with Gasteiger partial charge in [0, 0.05) is 13.1 Å². The molecule has 2 aromatic carbocycles. The van der Waals surface area contributed by atoms with Crippen LogP contribution in [0.2, 0.25) is 0 Å². The van der Waals surface area contributed by atoms with Gasteiger partial charge >= 0.3 is 0 Å². The maximum atomic E-state index is 13.2. The highest BCUT2D eigenvalue weighted by Crippen LogP contribution is 2.13. The molecule has 4 nitrogen and oxygen atoms in total. The second-order valence-electron chi connectivity index (χ2n) is 7.19. The fourth-order valence-electron chi connectivity index (χ4n) is 3.28. The van der Waals surface area contributed by atoms with Crippen molar-refractivity contribution in [3.05, 3.63) is 71.5 Å². The van der Waals surface area contributed by atoms with Gasteiger partial charge in [-0.25, -0.2) is 4.39 Å². The second kappa shape index (κ2) is 12.0. The first-order valence-corrected chi connectivity index (χ1v) is 10.4. The molecule has 2 rings (SSSR count). The molecule has 1 N–H and O–H groups in total. The van der Waals surface area contributed by atoms with Gasteiger partial charge in [-0.3, -0.25) is 9.59 Å². The van der Waals surface area contributed by atoms with E-state index < -0.39 is 6.04 Å². The van der Waals surface area contributed by atoms with Gasteiger partial charge in [0.15, 0.2) is 0 Å². The number of hydrogen-bond donors (Lipinski definition) is 1. The van der Waals surface area contributed by atoms with Gasteiger partial charge in [0.25, 0.3) is 0 Å². The molecule has 0 aliphatic rings. The Bertz CT molecular complexity index is 762. The molecule has 0 heterocycles. The number of benzene rings is 2. The largest absolute Gasteiger partial charge is 0.354 e. The Morgan fingerprint density at radius 3 is 2.31 bits per heavy atom. The van der Waals surface area contributed by atoms with E-state index in [1.54, 1.807) is 17.0 Å². The Morgan fingerprint density at radius 2 is 1.69 bits per heavy atom. The van der Waals surface area contributed by atoms with Gasteiger partial charge in [-0.05, 0) is 42.5 Å². The van der Waals surface area contributed by atoms with Gasteiger partial charge in [-0.2, -0.15) is 0 Å².